The van der Waals surface area contributed by atoms with Crippen LogP contribution in [0, 0.1) is 37.9 Å². The summed E-state index contributed by atoms with van der Waals surface area (Å²) in [4.78, 5) is 26.4. The summed E-state index contributed by atoms with van der Waals surface area (Å²) in [7, 11) is 0. The van der Waals surface area contributed by atoms with Gasteiger partial charge in [0.05, 0.1) is 0 Å². The highest BCUT2D eigenvalue weighted by Gasteiger charge is 2.13. The minimum absolute atomic E-state index is 0.0663. The maximum absolute atomic E-state index is 13.5. The van der Waals surface area contributed by atoms with Gasteiger partial charge < -0.3 is 10.3 Å². The molecular formula is C18H18FN3O2. The third-order valence-electron chi connectivity index (χ3n) is 3.98. The van der Waals surface area contributed by atoms with Crippen molar-refractivity contribution in [3.8, 4) is 6.07 Å². The lowest BCUT2D eigenvalue weighted by atomic mass is 9.99. The molecule has 1 aromatic carbocycles. The molecule has 1 aromatic heterocycles. The molecule has 24 heavy (non-hydrogen) atoms. The zero-order valence-electron chi connectivity index (χ0n) is 13.8. The van der Waals surface area contributed by atoms with E-state index in [0.29, 0.717) is 28.9 Å². The van der Waals surface area contributed by atoms with Gasteiger partial charge in [-0.2, -0.15) is 5.26 Å². The number of nitriles is 1. The second kappa shape index (κ2) is 7.09. The van der Waals surface area contributed by atoms with Gasteiger partial charge in [-0.25, -0.2) is 4.39 Å². The Labute approximate surface area is 139 Å². The van der Waals surface area contributed by atoms with Gasteiger partial charge in [0.2, 0.25) is 5.91 Å². The molecule has 0 radical (unpaired) electrons. The molecule has 0 aliphatic carbocycles. The van der Waals surface area contributed by atoms with Crippen LogP contribution in [0.4, 0.5) is 10.1 Å². The summed E-state index contributed by atoms with van der Waals surface area (Å²) < 4.78 is 13.5. The van der Waals surface area contributed by atoms with Crippen LogP contribution >= 0.6 is 0 Å². The number of hydrogen-bond donors (Lipinski definition) is 2. The molecule has 0 spiro atoms. The standard InChI is InChI=1S/C18H18FN3O2/c1-10-4-5-13(8-16(10)19)22-17(23)7-6-14-11(2)15(9-20)18(24)21-12(14)3/h4-5,8H,6-7H2,1-3H3,(H,21,24)(H,22,23). The second-order valence-corrected chi connectivity index (χ2v) is 5.68. The van der Waals surface area contributed by atoms with Crippen molar-refractivity contribution < 1.29 is 9.18 Å². The molecular weight excluding hydrogens is 309 g/mol. The van der Waals surface area contributed by atoms with Crippen molar-refractivity contribution in [1.82, 2.24) is 4.98 Å². The topological polar surface area (TPSA) is 85.8 Å². The van der Waals surface area contributed by atoms with E-state index >= 15 is 0 Å². The number of anilines is 1. The van der Waals surface area contributed by atoms with Crippen LogP contribution in [0.2, 0.25) is 0 Å². The fourth-order valence-corrected chi connectivity index (χ4v) is 2.55. The van der Waals surface area contributed by atoms with Gasteiger partial charge in [-0.05, 0) is 56.0 Å². The second-order valence-electron chi connectivity index (χ2n) is 5.68. The number of aromatic nitrogens is 1. The number of nitrogens with zero attached hydrogens (tertiary/aromatic N) is 1. The van der Waals surface area contributed by atoms with Crippen LogP contribution in [0.3, 0.4) is 0 Å². The summed E-state index contributed by atoms with van der Waals surface area (Å²) in [5.41, 5.74) is 2.56. The maximum Gasteiger partial charge on any atom is 0.266 e. The SMILES string of the molecule is Cc1ccc(NC(=O)CCc2c(C)[nH]c(=O)c(C#N)c2C)cc1F. The maximum atomic E-state index is 13.5. The molecule has 0 unspecified atom stereocenters. The van der Waals surface area contributed by atoms with Crippen LogP contribution < -0.4 is 10.9 Å². The fourth-order valence-electron chi connectivity index (χ4n) is 2.55. The summed E-state index contributed by atoms with van der Waals surface area (Å²) in [6.45, 7) is 5.08. The summed E-state index contributed by atoms with van der Waals surface area (Å²) >= 11 is 0. The average molecular weight is 327 g/mol. The third-order valence-corrected chi connectivity index (χ3v) is 3.98. The Bertz CT molecular complexity index is 894. The van der Waals surface area contributed by atoms with E-state index in [0.717, 1.165) is 5.56 Å². The molecule has 0 bridgehead atoms. The summed E-state index contributed by atoms with van der Waals surface area (Å²) in [5.74, 6) is -0.638. The number of amides is 1. The van der Waals surface area contributed by atoms with Crippen molar-refractivity contribution >= 4 is 11.6 Å². The van der Waals surface area contributed by atoms with Crippen molar-refractivity contribution in [3.05, 3.63) is 62.3 Å². The van der Waals surface area contributed by atoms with Crippen molar-refractivity contribution in [3.63, 3.8) is 0 Å². The predicted octanol–water partition coefficient (Wildman–Crippen LogP) is 2.88. The third kappa shape index (κ3) is 3.69. The fraction of sp³-hybridized carbons (Fsp3) is 0.278. The molecule has 2 N–H and O–H groups in total. The number of aryl methyl sites for hydroxylation is 2. The Kier molecular flexibility index (Phi) is 5.14. The first-order valence-electron chi connectivity index (χ1n) is 7.52. The average Bonchev–Trinajstić information content (AvgIpc) is 2.51. The minimum atomic E-state index is -0.421. The summed E-state index contributed by atoms with van der Waals surface area (Å²) in [6.07, 6.45) is 0.539. The van der Waals surface area contributed by atoms with Gasteiger partial charge in [0.15, 0.2) is 0 Å². The van der Waals surface area contributed by atoms with Gasteiger partial charge in [-0.15, -0.1) is 0 Å². The Morgan fingerprint density at radius 1 is 1.33 bits per heavy atom. The first-order chi connectivity index (χ1) is 11.3. The Balaban J connectivity index is 2.11. The molecule has 0 atom stereocenters. The summed E-state index contributed by atoms with van der Waals surface area (Å²) in [6, 6.07) is 6.40. The van der Waals surface area contributed by atoms with Gasteiger partial charge in [0.1, 0.15) is 17.4 Å². The normalized spacial score (nSPS) is 10.3. The van der Waals surface area contributed by atoms with E-state index in [1.807, 2.05) is 6.07 Å². The number of hydrogen-bond acceptors (Lipinski definition) is 3. The minimum Gasteiger partial charge on any atom is -0.326 e. The van der Waals surface area contributed by atoms with E-state index in [4.69, 9.17) is 5.26 Å². The van der Waals surface area contributed by atoms with E-state index < -0.39 is 5.56 Å². The molecule has 2 aromatic rings. The molecule has 0 aliphatic heterocycles. The van der Waals surface area contributed by atoms with Crippen molar-refractivity contribution in [1.29, 1.82) is 5.26 Å². The van der Waals surface area contributed by atoms with Crippen LogP contribution in [0.15, 0.2) is 23.0 Å². The van der Waals surface area contributed by atoms with Crippen LogP contribution in [0.25, 0.3) is 0 Å². The number of aromatic amines is 1. The van der Waals surface area contributed by atoms with E-state index in [2.05, 4.69) is 10.3 Å². The van der Waals surface area contributed by atoms with Crippen LogP contribution in [-0.2, 0) is 11.2 Å². The van der Waals surface area contributed by atoms with E-state index in [9.17, 15) is 14.0 Å². The van der Waals surface area contributed by atoms with E-state index in [1.165, 1.54) is 6.07 Å². The number of H-pyrrole nitrogens is 1. The number of pyridine rings is 1. The van der Waals surface area contributed by atoms with Crippen molar-refractivity contribution in [2.45, 2.75) is 33.6 Å². The van der Waals surface area contributed by atoms with Gasteiger partial charge in [0.25, 0.3) is 5.56 Å². The first kappa shape index (κ1) is 17.4. The first-order valence-corrected chi connectivity index (χ1v) is 7.52. The van der Waals surface area contributed by atoms with Crippen molar-refractivity contribution in [2.24, 2.45) is 0 Å². The van der Waals surface area contributed by atoms with Crippen LogP contribution in [0.5, 0.6) is 0 Å². The number of halogens is 1. The van der Waals surface area contributed by atoms with E-state index in [1.54, 1.807) is 32.9 Å². The number of rotatable bonds is 4. The van der Waals surface area contributed by atoms with Gasteiger partial charge in [-0.1, -0.05) is 6.07 Å². The predicted molar refractivity (Wildman–Crippen MR) is 89.3 cm³/mol. The van der Waals surface area contributed by atoms with Gasteiger partial charge in [-0.3, -0.25) is 9.59 Å². The Morgan fingerprint density at radius 2 is 2.04 bits per heavy atom. The van der Waals surface area contributed by atoms with Crippen LogP contribution in [-0.4, -0.2) is 10.9 Å². The van der Waals surface area contributed by atoms with Gasteiger partial charge in [0, 0.05) is 17.8 Å². The Morgan fingerprint density at radius 3 is 2.67 bits per heavy atom. The number of nitrogens with one attached hydrogen (secondary N) is 2. The molecule has 0 fully saturated rings. The van der Waals surface area contributed by atoms with Crippen LogP contribution in [0.1, 0.15) is 34.4 Å². The van der Waals surface area contributed by atoms with Gasteiger partial charge >= 0.3 is 0 Å². The zero-order chi connectivity index (χ0) is 17.9. The lowest BCUT2D eigenvalue weighted by Gasteiger charge is -2.11. The number of benzene rings is 1. The molecule has 124 valence electrons. The zero-order valence-corrected chi connectivity index (χ0v) is 13.8. The molecule has 0 aliphatic rings. The molecule has 6 heteroatoms. The van der Waals surface area contributed by atoms with Crippen molar-refractivity contribution in [2.75, 3.05) is 5.32 Å². The smallest absolute Gasteiger partial charge is 0.266 e. The molecule has 1 amide bonds. The molecule has 5 nitrogen and oxygen atoms in total. The molecule has 0 saturated carbocycles. The molecule has 2 rings (SSSR count). The largest absolute Gasteiger partial charge is 0.326 e. The lowest BCUT2D eigenvalue weighted by Crippen LogP contribution is -2.18. The number of carbonyl (C=O) groups is 1. The quantitative estimate of drug-likeness (QED) is 0.905. The monoisotopic (exact) mass is 327 g/mol. The Hall–Kier alpha value is -2.94. The highest BCUT2D eigenvalue weighted by atomic mass is 19.1. The highest BCUT2D eigenvalue weighted by Crippen LogP contribution is 2.17. The highest BCUT2D eigenvalue weighted by molar-refractivity contribution is 5.90. The van der Waals surface area contributed by atoms with E-state index in [-0.39, 0.29) is 23.7 Å². The summed E-state index contributed by atoms with van der Waals surface area (Å²) in [5, 5.41) is 11.7. The molecule has 1 heterocycles. The lowest BCUT2D eigenvalue weighted by molar-refractivity contribution is -0.116. The molecule has 0 saturated heterocycles. The number of carbonyl (C=O) groups excluding carboxylic acids is 1.